The van der Waals surface area contributed by atoms with Gasteiger partial charge in [-0.25, -0.2) is 4.39 Å². The van der Waals surface area contributed by atoms with Gasteiger partial charge in [-0.1, -0.05) is 12.1 Å². The van der Waals surface area contributed by atoms with Gasteiger partial charge in [0.15, 0.2) is 11.5 Å². The number of aryl methyl sites for hydroxylation is 1. The van der Waals surface area contributed by atoms with E-state index in [0.29, 0.717) is 24.4 Å². The fourth-order valence-corrected chi connectivity index (χ4v) is 3.22. The van der Waals surface area contributed by atoms with Crippen LogP contribution in [0.5, 0.6) is 0 Å². The molecule has 0 radical (unpaired) electrons. The molecule has 4 aromatic rings. The van der Waals surface area contributed by atoms with Crippen molar-refractivity contribution >= 4 is 5.91 Å². The summed E-state index contributed by atoms with van der Waals surface area (Å²) in [7, 11) is 0. The molecule has 0 spiro atoms. The van der Waals surface area contributed by atoms with Gasteiger partial charge in [-0.3, -0.25) is 9.89 Å². The van der Waals surface area contributed by atoms with Gasteiger partial charge in [0.2, 0.25) is 0 Å². The quantitative estimate of drug-likeness (QED) is 0.478. The molecule has 148 valence electrons. The molecule has 0 fully saturated rings. The van der Waals surface area contributed by atoms with E-state index in [1.165, 1.54) is 12.1 Å². The summed E-state index contributed by atoms with van der Waals surface area (Å²) in [5.41, 5.74) is 1.85. The Morgan fingerprint density at radius 1 is 1.21 bits per heavy atom. The van der Waals surface area contributed by atoms with Crippen LogP contribution >= 0.6 is 0 Å². The van der Waals surface area contributed by atoms with E-state index < -0.39 is 0 Å². The first-order valence-electron chi connectivity index (χ1n) is 9.29. The number of carbonyl (C=O) groups excluding carboxylic acids is 1. The highest BCUT2D eigenvalue weighted by atomic mass is 19.1. The molecule has 7 heteroatoms. The lowest BCUT2D eigenvalue weighted by molar-refractivity contribution is 0.0947. The summed E-state index contributed by atoms with van der Waals surface area (Å²) in [5, 5.41) is 9.75. The highest BCUT2D eigenvalue weighted by molar-refractivity contribution is 5.93. The van der Waals surface area contributed by atoms with Crippen LogP contribution in [-0.2, 0) is 0 Å². The van der Waals surface area contributed by atoms with E-state index in [0.717, 1.165) is 17.1 Å². The van der Waals surface area contributed by atoms with E-state index in [9.17, 15) is 9.18 Å². The van der Waals surface area contributed by atoms with Crippen LogP contribution < -0.4 is 5.32 Å². The Kier molecular flexibility index (Phi) is 5.29. The van der Waals surface area contributed by atoms with Crippen molar-refractivity contribution in [3.63, 3.8) is 0 Å². The predicted molar refractivity (Wildman–Crippen MR) is 105 cm³/mol. The summed E-state index contributed by atoms with van der Waals surface area (Å²) >= 11 is 0. The van der Waals surface area contributed by atoms with E-state index in [4.69, 9.17) is 8.83 Å². The van der Waals surface area contributed by atoms with Crippen molar-refractivity contribution in [1.82, 2.24) is 15.5 Å². The number of nitrogens with zero attached hydrogens (tertiary/aromatic N) is 1. The molecule has 0 unspecified atom stereocenters. The number of amides is 1. The number of aromatic amines is 1. The molecule has 3 aromatic heterocycles. The molecule has 1 atom stereocenters. The smallest absolute Gasteiger partial charge is 0.271 e. The molecular weight excluding hydrogens is 373 g/mol. The molecule has 29 heavy (non-hydrogen) atoms. The Bertz CT molecular complexity index is 1080. The molecule has 3 heterocycles. The van der Waals surface area contributed by atoms with Gasteiger partial charge in [0.1, 0.15) is 23.0 Å². The largest absolute Gasteiger partial charge is 0.469 e. The van der Waals surface area contributed by atoms with E-state index in [1.54, 1.807) is 24.5 Å². The summed E-state index contributed by atoms with van der Waals surface area (Å²) in [6, 6.07) is 15.3. The standard InChI is InChI=1S/C22H20FN3O3/c1-14-4-9-21(29-14)18-13-19(26-25-18)22(27)24-11-10-17(20-3-2-12-28-20)15-5-7-16(23)8-6-15/h2-9,12-13,17H,10-11H2,1H3,(H,24,27)(H,25,26)/t17-/m0/s1. The average molecular weight is 393 g/mol. The number of carbonyl (C=O) groups is 1. The second-order valence-corrected chi connectivity index (χ2v) is 6.74. The monoisotopic (exact) mass is 393 g/mol. The molecule has 0 aliphatic rings. The first-order valence-corrected chi connectivity index (χ1v) is 9.29. The maximum Gasteiger partial charge on any atom is 0.271 e. The van der Waals surface area contributed by atoms with Gasteiger partial charge >= 0.3 is 0 Å². The Labute approximate surface area is 166 Å². The first-order chi connectivity index (χ1) is 14.1. The van der Waals surface area contributed by atoms with Crippen molar-refractivity contribution in [1.29, 1.82) is 0 Å². The van der Waals surface area contributed by atoms with Gasteiger partial charge in [0.05, 0.1) is 6.26 Å². The van der Waals surface area contributed by atoms with Gasteiger partial charge in [0.25, 0.3) is 5.91 Å². The zero-order valence-corrected chi connectivity index (χ0v) is 15.8. The van der Waals surface area contributed by atoms with E-state index >= 15 is 0 Å². The van der Waals surface area contributed by atoms with Gasteiger partial charge in [-0.2, -0.15) is 5.10 Å². The summed E-state index contributed by atoms with van der Waals surface area (Å²) in [4.78, 5) is 12.4. The normalized spacial score (nSPS) is 12.1. The predicted octanol–water partition coefficient (Wildman–Crippen LogP) is 4.66. The van der Waals surface area contributed by atoms with E-state index in [-0.39, 0.29) is 23.3 Å². The van der Waals surface area contributed by atoms with Crippen molar-refractivity contribution < 1.29 is 18.0 Å². The number of furan rings is 2. The summed E-state index contributed by atoms with van der Waals surface area (Å²) in [6.45, 7) is 2.26. The summed E-state index contributed by atoms with van der Waals surface area (Å²) in [6.07, 6.45) is 2.20. The van der Waals surface area contributed by atoms with Crippen molar-refractivity contribution in [3.05, 3.63) is 89.5 Å². The lowest BCUT2D eigenvalue weighted by atomic mass is 9.93. The number of halogens is 1. The molecule has 6 nitrogen and oxygen atoms in total. The SMILES string of the molecule is Cc1ccc(-c2cc(C(=O)NCC[C@@H](c3ccc(F)cc3)c3ccco3)n[nH]2)o1. The minimum Gasteiger partial charge on any atom is -0.469 e. The molecule has 0 aliphatic carbocycles. The van der Waals surface area contributed by atoms with E-state index in [1.807, 2.05) is 31.2 Å². The summed E-state index contributed by atoms with van der Waals surface area (Å²) < 4.78 is 24.3. The molecular formula is C22H20FN3O3. The first kappa shape index (κ1) is 18.7. The highest BCUT2D eigenvalue weighted by Gasteiger charge is 2.18. The molecule has 1 amide bonds. The third-order valence-corrected chi connectivity index (χ3v) is 4.69. The lowest BCUT2D eigenvalue weighted by Gasteiger charge is -2.15. The Hall–Kier alpha value is -3.61. The van der Waals surface area contributed by atoms with Crippen LogP contribution in [-0.4, -0.2) is 22.6 Å². The highest BCUT2D eigenvalue weighted by Crippen LogP contribution is 2.28. The molecule has 0 saturated heterocycles. The molecule has 4 rings (SSSR count). The molecule has 2 N–H and O–H groups in total. The van der Waals surface area contributed by atoms with Crippen LogP contribution in [0.25, 0.3) is 11.5 Å². The molecule has 1 aromatic carbocycles. The Morgan fingerprint density at radius 3 is 2.72 bits per heavy atom. The number of benzene rings is 1. The maximum absolute atomic E-state index is 13.3. The lowest BCUT2D eigenvalue weighted by Crippen LogP contribution is -2.26. The van der Waals surface area contributed by atoms with Crippen LogP contribution in [0.4, 0.5) is 4.39 Å². The number of aromatic nitrogens is 2. The van der Waals surface area contributed by atoms with E-state index in [2.05, 4.69) is 15.5 Å². The van der Waals surface area contributed by atoms with Crippen LogP contribution in [0.1, 0.15) is 39.9 Å². The fraction of sp³-hybridized carbons (Fsp3) is 0.182. The van der Waals surface area contributed by atoms with Crippen LogP contribution in [0.15, 0.2) is 69.7 Å². The van der Waals surface area contributed by atoms with Gasteiger partial charge in [-0.15, -0.1) is 0 Å². The van der Waals surface area contributed by atoms with Crippen molar-refractivity contribution in [2.75, 3.05) is 6.54 Å². The van der Waals surface area contributed by atoms with Gasteiger partial charge in [0, 0.05) is 18.5 Å². The number of hydrogen-bond acceptors (Lipinski definition) is 4. The second-order valence-electron chi connectivity index (χ2n) is 6.74. The van der Waals surface area contributed by atoms with Crippen LogP contribution in [0, 0.1) is 12.7 Å². The minimum atomic E-state index is -0.290. The number of hydrogen-bond donors (Lipinski definition) is 2. The maximum atomic E-state index is 13.3. The Morgan fingerprint density at radius 2 is 2.03 bits per heavy atom. The fourth-order valence-electron chi connectivity index (χ4n) is 3.22. The third kappa shape index (κ3) is 4.29. The number of H-pyrrole nitrogens is 1. The number of rotatable bonds is 7. The summed E-state index contributed by atoms with van der Waals surface area (Å²) in [5.74, 6) is 1.51. The van der Waals surface area contributed by atoms with Crippen molar-refractivity contribution in [2.24, 2.45) is 0 Å². The van der Waals surface area contributed by atoms with Crippen LogP contribution in [0.3, 0.4) is 0 Å². The molecule has 0 aliphatic heterocycles. The second kappa shape index (κ2) is 8.18. The van der Waals surface area contributed by atoms with Crippen molar-refractivity contribution in [3.8, 4) is 11.5 Å². The Balaban J connectivity index is 1.40. The zero-order valence-electron chi connectivity index (χ0n) is 15.8. The third-order valence-electron chi connectivity index (χ3n) is 4.69. The average Bonchev–Trinajstić information content (AvgIpc) is 3.47. The molecule has 0 saturated carbocycles. The zero-order chi connectivity index (χ0) is 20.2. The van der Waals surface area contributed by atoms with Gasteiger partial charge in [-0.05, 0) is 55.3 Å². The number of nitrogens with one attached hydrogen (secondary N) is 2. The minimum absolute atomic E-state index is 0.0910. The van der Waals surface area contributed by atoms with Crippen LogP contribution in [0.2, 0.25) is 0 Å². The van der Waals surface area contributed by atoms with Gasteiger partial charge < -0.3 is 14.2 Å². The molecule has 0 bridgehead atoms. The van der Waals surface area contributed by atoms with Crippen molar-refractivity contribution in [2.45, 2.75) is 19.3 Å². The topological polar surface area (TPSA) is 84.1 Å².